The first-order valence-corrected chi connectivity index (χ1v) is 11.2. The number of rotatable bonds is 12. The zero-order chi connectivity index (χ0) is 14.7. The predicted octanol–water partition coefficient (Wildman–Crippen LogP) is 4.42. The molecule has 0 aliphatic rings. The molecule has 1 aromatic rings. The van der Waals surface area contributed by atoms with Gasteiger partial charge in [0.2, 0.25) is 0 Å². The van der Waals surface area contributed by atoms with Crippen LogP contribution in [0.1, 0.15) is 32.1 Å². The zero-order valence-electron chi connectivity index (χ0n) is 12.7. The lowest BCUT2D eigenvalue weighted by atomic mass is 10.5. The summed E-state index contributed by atoms with van der Waals surface area (Å²) in [6.07, 6.45) is 1.09. The van der Waals surface area contributed by atoms with Crippen molar-refractivity contribution in [3.05, 3.63) is 22.4 Å². The molecule has 1 aromatic heterocycles. The molecule has 3 nitrogen and oxygen atoms in total. The Balaban J connectivity index is 2.29. The first-order valence-electron chi connectivity index (χ1n) is 7.28. The Kier molecular flexibility index (Phi) is 9.84. The molecule has 0 saturated carbocycles. The van der Waals surface area contributed by atoms with Gasteiger partial charge in [0.15, 0.2) is 0 Å². The van der Waals surface area contributed by atoms with Gasteiger partial charge in [0.25, 0.3) is 0 Å². The minimum atomic E-state index is -2.42. The standard InChI is InChI=1S/C14H26O3S2Si/c1-4-15-20(16-5-2,17-6-3)12-8-10-18-13-14-9-7-11-19-14/h7,9,11H,4-6,8,10,12-13H2,1-3H3. The van der Waals surface area contributed by atoms with E-state index in [1.807, 2.05) is 43.9 Å². The fraction of sp³-hybridized carbons (Fsp3) is 0.714. The zero-order valence-corrected chi connectivity index (χ0v) is 15.4. The lowest BCUT2D eigenvalue weighted by molar-refractivity contribution is 0.0712. The molecule has 0 amide bonds. The van der Waals surface area contributed by atoms with Crippen LogP contribution in [-0.4, -0.2) is 34.4 Å². The SMILES string of the molecule is CCO[Si](CCCSCc1cccs1)(OCC)OCC. The monoisotopic (exact) mass is 334 g/mol. The molecule has 0 fully saturated rings. The summed E-state index contributed by atoms with van der Waals surface area (Å²) in [5.74, 6) is 2.23. The van der Waals surface area contributed by atoms with E-state index in [4.69, 9.17) is 13.3 Å². The van der Waals surface area contributed by atoms with E-state index in [0.29, 0.717) is 19.8 Å². The molecular weight excluding hydrogens is 308 g/mol. The van der Waals surface area contributed by atoms with Crippen molar-refractivity contribution in [2.45, 2.75) is 39.0 Å². The fourth-order valence-corrected chi connectivity index (χ4v) is 6.63. The molecule has 0 unspecified atom stereocenters. The lowest BCUT2D eigenvalue weighted by Gasteiger charge is -2.28. The summed E-state index contributed by atoms with van der Waals surface area (Å²) >= 11 is 3.80. The number of hydrogen-bond acceptors (Lipinski definition) is 5. The third-order valence-corrected chi connectivity index (χ3v) is 7.99. The van der Waals surface area contributed by atoms with Crippen LogP contribution < -0.4 is 0 Å². The van der Waals surface area contributed by atoms with Gasteiger partial charge in [-0.25, -0.2) is 0 Å². The average molecular weight is 335 g/mol. The van der Waals surface area contributed by atoms with Gasteiger partial charge >= 0.3 is 8.80 Å². The van der Waals surface area contributed by atoms with Gasteiger partial charge in [-0.2, -0.15) is 11.8 Å². The molecule has 1 rings (SSSR count). The minimum absolute atomic E-state index is 0.661. The van der Waals surface area contributed by atoms with Gasteiger partial charge in [-0.05, 0) is 44.4 Å². The third-order valence-electron chi connectivity index (χ3n) is 2.69. The van der Waals surface area contributed by atoms with E-state index < -0.39 is 8.80 Å². The highest BCUT2D eigenvalue weighted by Gasteiger charge is 2.39. The Labute approximate surface area is 132 Å². The van der Waals surface area contributed by atoms with Crippen molar-refractivity contribution < 1.29 is 13.3 Å². The van der Waals surface area contributed by atoms with E-state index in [2.05, 4.69) is 17.5 Å². The predicted molar refractivity (Wildman–Crippen MR) is 90.5 cm³/mol. The Bertz CT molecular complexity index is 316. The Morgan fingerprint density at radius 3 is 2.25 bits per heavy atom. The summed E-state index contributed by atoms with van der Waals surface area (Å²) in [5, 5.41) is 2.13. The van der Waals surface area contributed by atoms with Crippen LogP contribution in [0.2, 0.25) is 6.04 Å². The minimum Gasteiger partial charge on any atom is -0.374 e. The van der Waals surface area contributed by atoms with Gasteiger partial charge in [-0.1, -0.05) is 6.07 Å². The number of hydrogen-bond donors (Lipinski definition) is 0. The topological polar surface area (TPSA) is 27.7 Å². The summed E-state index contributed by atoms with van der Waals surface area (Å²) in [4.78, 5) is 1.44. The van der Waals surface area contributed by atoms with E-state index in [9.17, 15) is 0 Å². The Morgan fingerprint density at radius 1 is 1.10 bits per heavy atom. The molecule has 6 heteroatoms. The van der Waals surface area contributed by atoms with Crippen LogP contribution >= 0.6 is 23.1 Å². The largest absolute Gasteiger partial charge is 0.500 e. The second-order valence-corrected chi connectivity index (χ2v) is 9.09. The highest BCUT2D eigenvalue weighted by Crippen LogP contribution is 2.22. The fourth-order valence-electron chi connectivity index (χ4n) is 1.96. The molecule has 0 aliphatic carbocycles. The van der Waals surface area contributed by atoms with Crippen molar-refractivity contribution in [1.82, 2.24) is 0 Å². The van der Waals surface area contributed by atoms with Crippen LogP contribution in [0.4, 0.5) is 0 Å². The van der Waals surface area contributed by atoms with Crippen molar-refractivity contribution in [3.8, 4) is 0 Å². The van der Waals surface area contributed by atoms with E-state index in [1.54, 1.807) is 0 Å². The van der Waals surface area contributed by atoms with Crippen LogP contribution in [0, 0.1) is 0 Å². The molecule has 0 atom stereocenters. The lowest BCUT2D eigenvalue weighted by Crippen LogP contribution is -2.46. The second-order valence-electron chi connectivity index (χ2n) is 4.22. The van der Waals surface area contributed by atoms with E-state index in [1.165, 1.54) is 4.88 Å². The molecule has 0 bridgehead atoms. The second kappa shape index (κ2) is 10.8. The van der Waals surface area contributed by atoms with Crippen LogP contribution in [0.25, 0.3) is 0 Å². The van der Waals surface area contributed by atoms with Gasteiger partial charge in [-0.15, -0.1) is 11.3 Å². The number of thiophene rings is 1. The van der Waals surface area contributed by atoms with Crippen LogP contribution in [0.15, 0.2) is 17.5 Å². The highest BCUT2D eigenvalue weighted by molar-refractivity contribution is 7.98. The van der Waals surface area contributed by atoms with Gasteiger partial charge in [0, 0.05) is 36.5 Å². The maximum Gasteiger partial charge on any atom is 0.500 e. The Morgan fingerprint density at radius 2 is 1.75 bits per heavy atom. The maximum atomic E-state index is 5.85. The average Bonchev–Trinajstić information content (AvgIpc) is 2.92. The highest BCUT2D eigenvalue weighted by atomic mass is 32.2. The molecule has 0 spiro atoms. The smallest absolute Gasteiger partial charge is 0.374 e. The molecule has 116 valence electrons. The van der Waals surface area contributed by atoms with Crippen molar-refractivity contribution in [2.75, 3.05) is 25.6 Å². The molecular formula is C14H26O3S2Si. The maximum absolute atomic E-state index is 5.85. The number of thioether (sulfide) groups is 1. The molecule has 20 heavy (non-hydrogen) atoms. The van der Waals surface area contributed by atoms with Crippen LogP contribution in [0.5, 0.6) is 0 Å². The van der Waals surface area contributed by atoms with Crippen molar-refractivity contribution >= 4 is 31.9 Å². The third kappa shape index (κ3) is 6.73. The van der Waals surface area contributed by atoms with E-state index >= 15 is 0 Å². The van der Waals surface area contributed by atoms with Crippen molar-refractivity contribution in [2.24, 2.45) is 0 Å². The summed E-state index contributed by atoms with van der Waals surface area (Å²) in [7, 11) is -2.42. The normalized spacial score (nSPS) is 11.9. The van der Waals surface area contributed by atoms with Gasteiger partial charge in [0.05, 0.1) is 0 Å². The first-order chi connectivity index (χ1) is 9.76. The molecule has 0 aromatic carbocycles. The van der Waals surface area contributed by atoms with Gasteiger partial charge in [0.1, 0.15) is 0 Å². The summed E-state index contributed by atoms with van der Waals surface area (Å²) < 4.78 is 17.6. The van der Waals surface area contributed by atoms with E-state index in [-0.39, 0.29) is 0 Å². The van der Waals surface area contributed by atoms with Gasteiger partial charge < -0.3 is 13.3 Å². The first kappa shape index (κ1) is 18.2. The molecule has 1 heterocycles. The summed E-state index contributed by atoms with van der Waals surface area (Å²) in [6.45, 7) is 8.00. The molecule has 0 saturated heterocycles. The summed E-state index contributed by atoms with van der Waals surface area (Å²) in [6, 6.07) is 5.22. The van der Waals surface area contributed by atoms with E-state index in [0.717, 1.165) is 24.0 Å². The quantitative estimate of drug-likeness (QED) is 0.418. The van der Waals surface area contributed by atoms with Crippen molar-refractivity contribution in [1.29, 1.82) is 0 Å². The van der Waals surface area contributed by atoms with Gasteiger partial charge in [-0.3, -0.25) is 0 Å². The van der Waals surface area contributed by atoms with Crippen LogP contribution in [-0.2, 0) is 19.0 Å². The summed E-state index contributed by atoms with van der Waals surface area (Å²) in [5.41, 5.74) is 0. The molecule has 0 aliphatic heterocycles. The Hall–Kier alpha value is 0.147. The van der Waals surface area contributed by atoms with Crippen LogP contribution in [0.3, 0.4) is 0 Å². The van der Waals surface area contributed by atoms with Crippen molar-refractivity contribution in [3.63, 3.8) is 0 Å². The molecule has 0 N–H and O–H groups in total. The molecule has 0 radical (unpaired) electrons.